The molecule has 0 unspecified atom stereocenters. The van der Waals surface area contributed by atoms with E-state index in [0.29, 0.717) is 6.61 Å². The molecule has 0 aromatic heterocycles. The molecule has 6 heteroatoms. The molecule has 1 aliphatic carbocycles. The molecule has 0 spiro atoms. The Labute approximate surface area is 155 Å². The van der Waals surface area contributed by atoms with E-state index < -0.39 is 16.6 Å². The van der Waals surface area contributed by atoms with Crippen LogP contribution in [-0.4, -0.2) is 47.3 Å². The summed E-state index contributed by atoms with van der Waals surface area (Å²) in [4.78, 5) is 12.2. The first-order valence-electron chi connectivity index (χ1n) is 9.28. The zero-order valence-electron chi connectivity index (χ0n) is 17.6. The molecule has 3 atom stereocenters. The van der Waals surface area contributed by atoms with E-state index in [1.807, 2.05) is 0 Å². The van der Waals surface area contributed by atoms with Crippen LogP contribution in [0.4, 0.5) is 0 Å². The van der Waals surface area contributed by atoms with Crippen molar-refractivity contribution in [3.8, 4) is 0 Å². The Hall–Kier alpha value is -0.276. The maximum atomic E-state index is 12.2. The Morgan fingerprint density at radius 2 is 1.52 bits per heavy atom. The fourth-order valence-corrected chi connectivity index (χ4v) is 4.62. The smallest absolute Gasteiger partial charge is 0.193 e. The summed E-state index contributed by atoms with van der Waals surface area (Å²) in [7, 11) is -3.84. The van der Waals surface area contributed by atoms with E-state index in [1.165, 1.54) is 0 Å². The van der Waals surface area contributed by atoms with E-state index in [0.717, 1.165) is 5.57 Å². The lowest BCUT2D eigenvalue weighted by Crippen LogP contribution is -2.48. The van der Waals surface area contributed by atoms with Crippen LogP contribution in [0.2, 0.25) is 36.3 Å². The molecule has 1 aliphatic heterocycles. The van der Waals surface area contributed by atoms with Crippen molar-refractivity contribution in [2.75, 3.05) is 6.61 Å². The van der Waals surface area contributed by atoms with Gasteiger partial charge >= 0.3 is 0 Å². The van der Waals surface area contributed by atoms with Crippen molar-refractivity contribution in [1.82, 2.24) is 0 Å². The lowest BCUT2D eigenvalue weighted by atomic mass is 9.96. The van der Waals surface area contributed by atoms with Gasteiger partial charge in [0, 0.05) is 0 Å². The molecule has 0 aromatic rings. The molecule has 1 fully saturated rings. The third-order valence-electron chi connectivity index (χ3n) is 6.43. The van der Waals surface area contributed by atoms with Gasteiger partial charge in [-0.1, -0.05) is 41.5 Å². The summed E-state index contributed by atoms with van der Waals surface area (Å²) in [6, 6.07) is 0. The number of hydrogen-bond donors (Lipinski definition) is 0. The second-order valence-corrected chi connectivity index (χ2v) is 20.1. The minimum Gasteiger partial charge on any atom is -0.413 e. The summed E-state index contributed by atoms with van der Waals surface area (Å²) in [5, 5.41) is 0.255. The van der Waals surface area contributed by atoms with Crippen LogP contribution in [-0.2, 0) is 18.4 Å². The van der Waals surface area contributed by atoms with Crippen molar-refractivity contribution < 1.29 is 18.4 Å². The molecule has 0 N–H and O–H groups in total. The Balaban J connectivity index is 2.18. The number of rotatable bonds is 5. The molecule has 2 rings (SSSR count). The first-order valence-corrected chi connectivity index (χ1v) is 15.1. The third kappa shape index (κ3) is 4.35. The van der Waals surface area contributed by atoms with Gasteiger partial charge in [0.25, 0.3) is 0 Å². The molecule has 4 nitrogen and oxygen atoms in total. The van der Waals surface area contributed by atoms with Crippen LogP contribution in [0, 0.1) is 0 Å². The Kier molecular flexibility index (Phi) is 5.39. The zero-order chi connectivity index (χ0) is 19.4. The number of fused-ring (bicyclic) bond motifs is 1. The Morgan fingerprint density at radius 3 is 2.00 bits per heavy atom. The predicted octanol–water partition coefficient (Wildman–Crippen LogP) is 4.68. The van der Waals surface area contributed by atoms with Crippen LogP contribution >= 0.6 is 0 Å². The molecule has 0 radical (unpaired) electrons. The van der Waals surface area contributed by atoms with Gasteiger partial charge in [0.2, 0.25) is 0 Å². The van der Waals surface area contributed by atoms with Crippen molar-refractivity contribution in [2.45, 2.75) is 96.1 Å². The molecule has 1 saturated heterocycles. The topological polar surface area (TPSA) is 48.1 Å². The van der Waals surface area contributed by atoms with Crippen molar-refractivity contribution in [1.29, 1.82) is 0 Å². The molecule has 0 saturated carbocycles. The molecule has 0 aromatic carbocycles. The standard InChI is InChI=1S/C19H36O4Si2/c1-18(2,3)24(7,8)21-12-13-11-14(20)16-17(22-16)15(13)23-25(9,10)19(4,5)6/h11,15-17H,12H2,1-10H3/t15-,16-,17+/m1/s1. The molecule has 2 aliphatic rings. The summed E-state index contributed by atoms with van der Waals surface area (Å²) in [5.41, 5.74) is 0.957. The normalized spacial score (nSPS) is 27.8. The number of carbonyl (C=O) groups excluding carboxylic acids is 1. The molecular weight excluding hydrogens is 348 g/mol. The van der Waals surface area contributed by atoms with Crippen LogP contribution in [0.5, 0.6) is 0 Å². The fraction of sp³-hybridized carbons (Fsp3) is 0.842. The summed E-state index contributed by atoms with van der Waals surface area (Å²) >= 11 is 0. The highest BCUT2D eigenvalue weighted by molar-refractivity contribution is 6.74. The van der Waals surface area contributed by atoms with Crippen LogP contribution in [0.3, 0.4) is 0 Å². The van der Waals surface area contributed by atoms with Crippen molar-refractivity contribution in [3.05, 3.63) is 11.6 Å². The van der Waals surface area contributed by atoms with Gasteiger partial charge in [-0.3, -0.25) is 4.79 Å². The highest BCUT2D eigenvalue weighted by Crippen LogP contribution is 2.44. The van der Waals surface area contributed by atoms with E-state index in [-0.39, 0.29) is 34.2 Å². The van der Waals surface area contributed by atoms with E-state index >= 15 is 0 Å². The van der Waals surface area contributed by atoms with Crippen molar-refractivity contribution in [3.63, 3.8) is 0 Å². The van der Waals surface area contributed by atoms with E-state index in [4.69, 9.17) is 13.6 Å². The van der Waals surface area contributed by atoms with Crippen LogP contribution < -0.4 is 0 Å². The summed E-state index contributed by atoms with van der Waals surface area (Å²) in [5.74, 6) is 0.0638. The van der Waals surface area contributed by atoms with Crippen molar-refractivity contribution >= 4 is 22.4 Å². The number of epoxide rings is 1. The van der Waals surface area contributed by atoms with Crippen LogP contribution in [0.15, 0.2) is 11.6 Å². The monoisotopic (exact) mass is 384 g/mol. The van der Waals surface area contributed by atoms with E-state index in [9.17, 15) is 4.79 Å². The first-order chi connectivity index (χ1) is 11.1. The highest BCUT2D eigenvalue weighted by atomic mass is 28.4. The minimum absolute atomic E-state index is 0.0638. The number of hydrogen-bond acceptors (Lipinski definition) is 4. The minimum atomic E-state index is -1.96. The maximum absolute atomic E-state index is 12.2. The van der Waals surface area contributed by atoms with Gasteiger partial charge in [-0.15, -0.1) is 0 Å². The molecular formula is C19H36O4Si2. The lowest BCUT2D eigenvalue weighted by Gasteiger charge is -2.41. The number of carbonyl (C=O) groups is 1. The van der Waals surface area contributed by atoms with E-state index in [1.54, 1.807) is 6.08 Å². The van der Waals surface area contributed by atoms with Crippen LogP contribution in [0.25, 0.3) is 0 Å². The fourth-order valence-electron chi connectivity index (χ4n) is 2.38. The second-order valence-electron chi connectivity index (χ2n) is 10.5. The molecule has 144 valence electrons. The van der Waals surface area contributed by atoms with Crippen molar-refractivity contribution in [2.24, 2.45) is 0 Å². The number of ether oxygens (including phenoxy) is 1. The SMILES string of the molecule is CC(C)(C)[Si](C)(C)OCC1=CC(=O)[C@H]2O[C@H]2[C@@H]1O[Si](C)(C)C(C)(C)C. The quantitative estimate of drug-likeness (QED) is 0.510. The van der Waals surface area contributed by atoms with Gasteiger partial charge < -0.3 is 13.6 Å². The molecule has 25 heavy (non-hydrogen) atoms. The van der Waals surface area contributed by atoms with Gasteiger partial charge in [0.05, 0.1) is 12.7 Å². The van der Waals surface area contributed by atoms with Crippen LogP contribution in [0.1, 0.15) is 41.5 Å². The average molecular weight is 385 g/mol. The molecule has 0 amide bonds. The van der Waals surface area contributed by atoms with Gasteiger partial charge in [0.1, 0.15) is 12.2 Å². The Bertz CT molecular complexity index is 567. The maximum Gasteiger partial charge on any atom is 0.193 e. The molecule has 0 bridgehead atoms. The highest BCUT2D eigenvalue weighted by Gasteiger charge is 2.56. The second kappa shape index (κ2) is 6.41. The summed E-state index contributed by atoms with van der Waals surface area (Å²) in [6.07, 6.45) is 1.16. The number of ketones is 1. The van der Waals surface area contributed by atoms with Gasteiger partial charge in [-0.2, -0.15) is 0 Å². The molecule has 1 heterocycles. The largest absolute Gasteiger partial charge is 0.413 e. The lowest BCUT2D eigenvalue weighted by molar-refractivity contribution is -0.116. The third-order valence-corrected chi connectivity index (χ3v) is 15.4. The van der Waals surface area contributed by atoms with Gasteiger partial charge in [-0.05, 0) is 47.9 Å². The average Bonchev–Trinajstić information content (AvgIpc) is 3.18. The predicted molar refractivity (Wildman–Crippen MR) is 107 cm³/mol. The first kappa shape index (κ1) is 21.0. The Morgan fingerprint density at radius 1 is 1.00 bits per heavy atom. The van der Waals surface area contributed by atoms with Gasteiger partial charge in [-0.25, -0.2) is 0 Å². The zero-order valence-corrected chi connectivity index (χ0v) is 19.6. The van der Waals surface area contributed by atoms with Gasteiger partial charge in [0.15, 0.2) is 22.4 Å². The summed E-state index contributed by atoms with van der Waals surface area (Å²) in [6.45, 7) is 22.8. The summed E-state index contributed by atoms with van der Waals surface area (Å²) < 4.78 is 18.7. The van der Waals surface area contributed by atoms with E-state index in [2.05, 4.69) is 67.7 Å².